The molecule has 2 heterocycles. The zero-order chi connectivity index (χ0) is 43.9. The molecule has 61 heavy (non-hydrogen) atoms. The van der Waals surface area contributed by atoms with E-state index < -0.39 is 17.2 Å². The highest BCUT2D eigenvalue weighted by molar-refractivity contribution is 5.85. The van der Waals surface area contributed by atoms with Gasteiger partial charge in [0.1, 0.15) is 11.3 Å². The SMILES string of the molecule is COCCOCCOCCOCCOCCOCCOCCOCCOCCO.Cn1c(=O)c2[nH]c(-c3ccc(/C=C/C(=O)O)cc3)nc2n(Cc2cccc(C#N)c2)c1=O. The van der Waals surface area contributed by atoms with E-state index in [4.69, 9.17) is 58.1 Å². The number of methoxy groups -OCH3 is 1. The van der Waals surface area contributed by atoms with Gasteiger partial charge < -0.3 is 57.8 Å². The predicted octanol–water partition coefficient (Wildman–Crippen LogP) is 1.87. The molecule has 19 nitrogen and oxygen atoms in total. The molecule has 0 amide bonds. The van der Waals surface area contributed by atoms with Gasteiger partial charge in [-0.05, 0) is 29.3 Å². The lowest BCUT2D eigenvalue weighted by atomic mass is 10.1. The van der Waals surface area contributed by atoms with Gasteiger partial charge in [-0.15, -0.1) is 0 Å². The number of fused-ring (bicyclic) bond motifs is 1. The standard InChI is InChI=1S/C23H17N5O4.C19H40O10/c1-27-22(31)19-21(28(23(27)32)13-16-4-2-3-15(11-16)12-24)26-20(25-19)17-8-5-14(6-9-17)7-10-18(29)30;1-21-4-5-23-8-9-25-12-13-27-16-17-29-19-18-28-15-14-26-11-10-24-7-6-22-3-2-20/h2-11H,13H2,1H3,(H,25,26)(H,29,30);20H,2-19H2,1H3/b10-7+;. The number of H-pyrrole nitrogens is 1. The van der Waals surface area contributed by atoms with Crippen LogP contribution >= 0.6 is 0 Å². The molecule has 0 spiro atoms. The quantitative estimate of drug-likeness (QED) is 0.0484. The van der Waals surface area contributed by atoms with Gasteiger partial charge in [0.2, 0.25) is 0 Å². The molecule has 3 N–H and O–H groups in total. The molecule has 0 aliphatic carbocycles. The van der Waals surface area contributed by atoms with Crippen molar-refractivity contribution in [1.82, 2.24) is 19.1 Å². The Labute approximate surface area is 353 Å². The predicted molar refractivity (Wildman–Crippen MR) is 223 cm³/mol. The molecular weight excluding hydrogens is 798 g/mol. The lowest BCUT2D eigenvalue weighted by Crippen LogP contribution is -2.38. The van der Waals surface area contributed by atoms with Crippen molar-refractivity contribution in [3.05, 3.63) is 92.1 Å². The Hall–Kier alpha value is -5.11. The lowest BCUT2D eigenvalue weighted by molar-refractivity contribution is -0.131. The molecule has 0 aliphatic rings. The third kappa shape index (κ3) is 19.9. The number of aromatic amines is 1. The van der Waals surface area contributed by atoms with Crippen molar-refractivity contribution >= 4 is 23.2 Å². The number of nitrogens with zero attached hydrogens (tertiary/aromatic N) is 4. The molecule has 0 unspecified atom stereocenters. The fourth-order valence-corrected chi connectivity index (χ4v) is 5.20. The van der Waals surface area contributed by atoms with Crippen LogP contribution < -0.4 is 11.2 Å². The summed E-state index contributed by atoms with van der Waals surface area (Å²) in [6.45, 7) is 9.04. The van der Waals surface area contributed by atoms with E-state index in [0.29, 0.717) is 135 Å². The first-order valence-electron chi connectivity index (χ1n) is 19.7. The Kier molecular flexibility index (Phi) is 25.4. The topological polar surface area (TPSA) is 237 Å². The third-order valence-electron chi connectivity index (χ3n) is 8.25. The van der Waals surface area contributed by atoms with Gasteiger partial charge in [0.05, 0.1) is 137 Å². The summed E-state index contributed by atoms with van der Waals surface area (Å²) in [4.78, 5) is 43.7. The van der Waals surface area contributed by atoms with Gasteiger partial charge in [-0.1, -0.05) is 36.4 Å². The maximum absolute atomic E-state index is 12.8. The number of imidazole rings is 1. The summed E-state index contributed by atoms with van der Waals surface area (Å²) in [5, 5.41) is 26.4. The molecule has 0 fully saturated rings. The second kappa shape index (κ2) is 30.8. The van der Waals surface area contributed by atoms with Crippen molar-refractivity contribution in [2.45, 2.75) is 6.54 Å². The molecule has 334 valence electrons. The monoisotopic (exact) mass is 855 g/mol. The van der Waals surface area contributed by atoms with E-state index in [2.05, 4.69) is 16.0 Å². The smallest absolute Gasteiger partial charge is 0.332 e. The number of benzene rings is 2. The van der Waals surface area contributed by atoms with E-state index in [-0.39, 0.29) is 24.3 Å². The number of aromatic nitrogens is 4. The molecular formula is C42H57N5O14. The van der Waals surface area contributed by atoms with Crippen molar-refractivity contribution in [3.63, 3.8) is 0 Å². The summed E-state index contributed by atoms with van der Waals surface area (Å²) in [6.07, 6.45) is 2.51. The zero-order valence-electron chi connectivity index (χ0n) is 34.8. The largest absolute Gasteiger partial charge is 0.478 e. The molecule has 0 bridgehead atoms. The van der Waals surface area contributed by atoms with Crippen LogP contribution in [0.2, 0.25) is 0 Å². The van der Waals surface area contributed by atoms with Crippen molar-refractivity contribution in [1.29, 1.82) is 5.26 Å². The third-order valence-corrected chi connectivity index (χ3v) is 8.25. The average Bonchev–Trinajstić information content (AvgIpc) is 3.72. The fraction of sp³-hybridized carbons (Fsp3) is 0.500. The zero-order valence-corrected chi connectivity index (χ0v) is 34.8. The van der Waals surface area contributed by atoms with E-state index in [1.165, 1.54) is 17.7 Å². The maximum atomic E-state index is 12.8. The number of aliphatic carboxylic acids is 1. The van der Waals surface area contributed by atoms with Gasteiger partial charge in [0.15, 0.2) is 5.65 Å². The summed E-state index contributed by atoms with van der Waals surface area (Å²) in [5.41, 5.74) is 1.95. The van der Waals surface area contributed by atoms with Crippen LogP contribution in [0.3, 0.4) is 0 Å². The van der Waals surface area contributed by atoms with E-state index >= 15 is 0 Å². The number of ether oxygens (including phenoxy) is 9. The highest BCUT2D eigenvalue weighted by Gasteiger charge is 2.17. The number of aliphatic hydroxyl groups is 1. The number of hydrogen-bond donors (Lipinski definition) is 3. The highest BCUT2D eigenvalue weighted by Crippen LogP contribution is 2.20. The van der Waals surface area contributed by atoms with Gasteiger partial charge >= 0.3 is 11.7 Å². The first-order chi connectivity index (χ1) is 29.8. The molecule has 0 saturated heterocycles. The van der Waals surface area contributed by atoms with Crippen LogP contribution in [0.4, 0.5) is 0 Å². The van der Waals surface area contributed by atoms with Crippen LogP contribution in [0.5, 0.6) is 0 Å². The molecule has 4 aromatic rings. The normalized spacial score (nSPS) is 11.2. The minimum absolute atomic E-state index is 0.0322. The van der Waals surface area contributed by atoms with E-state index in [0.717, 1.165) is 16.2 Å². The molecule has 0 radical (unpaired) electrons. The van der Waals surface area contributed by atoms with E-state index in [1.807, 2.05) is 0 Å². The minimum atomic E-state index is -1.04. The number of nitriles is 1. The van der Waals surface area contributed by atoms with Crippen LogP contribution in [-0.2, 0) is 61.0 Å². The Morgan fingerprint density at radius 1 is 0.754 bits per heavy atom. The Morgan fingerprint density at radius 3 is 1.70 bits per heavy atom. The Morgan fingerprint density at radius 2 is 1.25 bits per heavy atom. The first-order valence-corrected chi connectivity index (χ1v) is 19.7. The molecule has 0 saturated carbocycles. The number of rotatable bonds is 31. The number of aliphatic hydroxyl groups excluding tert-OH is 1. The van der Waals surface area contributed by atoms with Crippen molar-refractivity contribution < 1.29 is 57.6 Å². The van der Waals surface area contributed by atoms with Crippen molar-refractivity contribution in [3.8, 4) is 17.5 Å². The second-order valence-corrected chi connectivity index (χ2v) is 12.7. The maximum Gasteiger partial charge on any atom is 0.332 e. The lowest BCUT2D eigenvalue weighted by Gasteiger charge is -2.09. The summed E-state index contributed by atoms with van der Waals surface area (Å²) in [7, 11) is 3.04. The van der Waals surface area contributed by atoms with Crippen LogP contribution in [0.1, 0.15) is 16.7 Å². The summed E-state index contributed by atoms with van der Waals surface area (Å²) in [6, 6.07) is 15.9. The number of carboxylic acids is 1. The van der Waals surface area contributed by atoms with Crippen LogP contribution in [0.25, 0.3) is 28.6 Å². The summed E-state index contributed by atoms with van der Waals surface area (Å²) >= 11 is 0. The van der Waals surface area contributed by atoms with Gasteiger partial charge in [-0.25, -0.2) is 14.6 Å². The molecule has 0 aliphatic heterocycles. The first kappa shape index (κ1) is 50.2. The highest BCUT2D eigenvalue weighted by atomic mass is 16.6. The van der Waals surface area contributed by atoms with Crippen LogP contribution in [0.15, 0.2) is 64.2 Å². The second-order valence-electron chi connectivity index (χ2n) is 12.7. The van der Waals surface area contributed by atoms with Gasteiger partial charge in [-0.3, -0.25) is 13.9 Å². The minimum Gasteiger partial charge on any atom is -0.478 e. The number of carbonyl (C=O) groups is 1. The summed E-state index contributed by atoms with van der Waals surface area (Å²) < 4.78 is 49.8. The summed E-state index contributed by atoms with van der Waals surface area (Å²) in [5.74, 6) is -0.642. The van der Waals surface area contributed by atoms with E-state index in [1.54, 1.807) is 55.6 Å². The average molecular weight is 856 g/mol. The Bertz CT molecular complexity index is 2000. The number of carboxylic acid groups (broad SMARTS) is 1. The van der Waals surface area contributed by atoms with E-state index in [9.17, 15) is 14.4 Å². The molecule has 19 heteroatoms. The fourth-order valence-electron chi connectivity index (χ4n) is 5.20. The molecule has 2 aromatic heterocycles. The molecule has 2 aromatic carbocycles. The molecule has 0 atom stereocenters. The number of nitrogens with one attached hydrogen (secondary N) is 1. The van der Waals surface area contributed by atoms with Crippen molar-refractivity contribution in [2.24, 2.45) is 7.05 Å². The number of hydrogen-bond acceptors (Lipinski definition) is 15. The van der Waals surface area contributed by atoms with Gasteiger partial charge in [0.25, 0.3) is 5.56 Å². The van der Waals surface area contributed by atoms with Gasteiger partial charge in [-0.2, -0.15) is 5.26 Å². The van der Waals surface area contributed by atoms with Gasteiger partial charge in [0, 0.05) is 25.8 Å². The van der Waals surface area contributed by atoms with Crippen molar-refractivity contribution in [2.75, 3.05) is 126 Å². The van der Waals surface area contributed by atoms with Crippen LogP contribution in [0, 0.1) is 11.3 Å². The molecule has 4 rings (SSSR count). The van der Waals surface area contributed by atoms with Crippen LogP contribution in [-0.4, -0.2) is 161 Å². The Balaban J connectivity index is 0.000000328.